The van der Waals surface area contributed by atoms with Crippen molar-refractivity contribution in [3.05, 3.63) is 48.6 Å². The number of aliphatic hydroxyl groups is 1. The van der Waals surface area contributed by atoms with E-state index in [1.807, 2.05) is 12.1 Å². The molecular formula is C19H30O. The van der Waals surface area contributed by atoms with E-state index in [0.717, 1.165) is 25.7 Å². The molecule has 1 rings (SSSR count). The fourth-order valence-electron chi connectivity index (χ4n) is 2.86. The van der Waals surface area contributed by atoms with Crippen molar-refractivity contribution in [2.24, 2.45) is 5.92 Å². The van der Waals surface area contributed by atoms with Gasteiger partial charge in [-0.25, -0.2) is 0 Å². The SMILES string of the molecule is C=CCCCCCC(O)C(c1ccccc1)C(C)CC. The van der Waals surface area contributed by atoms with Crippen molar-refractivity contribution in [1.82, 2.24) is 0 Å². The van der Waals surface area contributed by atoms with Gasteiger partial charge in [-0.15, -0.1) is 6.58 Å². The molecule has 0 radical (unpaired) electrons. The minimum Gasteiger partial charge on any atom is -0.392 e. The van der Waals surface area contributed by atoms with Gasteiger partial charge in [-0.3, -0.25) is 0 Å². The van der Waals surface area contributed by atoms with E-state index in [1.165, 1.54) is 18.4 Å². The molecule has 0 aliphatic carbocycles. The molecule has 1 N–H and O–H groups in total. The molecule has 1 nitrogen and oxygen atoms in total. The van der Waals surface area contributed by atoms with Crippen LogP contribution in [0.25, 0.3) is 0 Å². The van der Waals surface area contributed by atoms with Crippen LogP contribution < -0.4 is 0 Å². The van der Waals surface area contributed by atoms with Gasteiger partial charge in [-0.05, 0) is 30.7 Å². The molecule has 0 amide bonds. The first-order valence-electron chi connectivity index (χ1n) is 8.04. The van der Waals surface area contributed by atoms with Gasteiger partial charge < -0.3 is 5.11 Å². The second kappa shape index (κ2) is 9.77. The molecule has 3 atom stereocenters. The topological polar surface area (TPSA) is 20.2 Å². The molecule has 0 aromatic heterocycles. The maximum absolute atomic E-state index is 10.6. The molecule has 0 heterocycles. The van der Waals surface area contributed by atoms with Gasteiger partial charge in [0.1, 0.15) is 0 Å². The molecule has 0 bridgehead atoms. The van der Waals surface area contributed by atoms with E-state index in [0.29, 0.717) is 5.92 Å². The van der Waals surface area contributed by atoms with Crippen molar-refractivity contribution in [3.8, 4) is 0 Å². The van der Waals surface area contributed by atoms with Crippen LogP contribution in [-0.4, -0.2) is 11.2 Å². The first-order valence-corrected chi connectivity index (χ1v) is 8.04. The summed E-state index contributed by atoms with van der Waals surface area (Å²) in [7, 11) is 0. The summed E-state index contributed by atoms with van der Waals surface area (Å²) in [5.74, 6) is 0.779. The van der Waals surface area contributed by atoms with Gasteiger partial charge in [0.15, 0.2) is 0 Å². The Morgan fingerprint density at radius 1 is 1.15 bits per heavy atom. The van der Waals surface area contributed by atoms with Crippen LogP contribution in [0.4, 0.5) is 0 Å². The number of aliphatic hydroxyl groups excluding tert-OH is 1. The number of hydrogen-bond acceptors (Lipinski definition) is 1. The third kappa shape index (κ3) is 5.50. The van der Waals surface area contributed by atoms with E-state index in [9.17, 15) is 5.11 Å². The number of allylic oxidation sites excluding steroid dienone is 1. The van der Waals surface area contributed by atoms with E-state index in [4.69, 9.17) is 0 Å². The first kappa shape index (κ1) is 17.0. The Morgan fingerprint density at radius 3 is 2.45 bits per heavy atom. The van der Waals surface area contributed by atoms with Gasteiger partial charge in [-0.2, -0.15) is 0 Å². The number of benzene rings is 1. The molecule has 1 aromatic rings. The Hall–Kier alpha value is -1.08. The van der Waals surface area contributed by atoms with E-state index >= 15 is 0 Å². The zero-order chi connectivity index (χ0) is 14.8. The van der Waals surface area contributed by atoms with E-state index in [1.54, 1.807) is 0 Å². The Kier molecular flexibility index (Phi) is 8.29. The molecule has 1 aromatic carbocycles. The zero-order valence-electron chi connectivity index (χ0n) is 13.1. The molecule has 0 saturated carbocycles. The van der Waals surface area contributed by atoms with Crippen LogP contribution in [0.3, 0.4) is 0 Å². The molecular weight excluding hydrogens is 244 g/mol. The van der Waals surface area contributed by atoms with Crippen LogP contribution >= 0.6 is 0 Å². The first-order chi connectivity index (χ1) is 9.70. The summed E-state index contributed by atoms with van der Waals surface area (Å²) in [6.07, 6.45) is 8.33. The van der Waals surface area contributed by atoms with Crippen LogP contribution in [0.1, 0.15) is 63.9 Å². The van der Waals surface area contributed by atoms with Crippen molar-refractivity contribution in [3.63, 3.8) is 0 Å². The van der Waals surface area contributed by atoms with Crippen LogP contribution in [0.5, 0.6) is 0 Å². The quantitative estimate of drug-likeness (QED) is 0.452. The molecule has 3 unspecified atom stereocenters. The average Bonchev–Trinajstić information content (AvgIpc) is 2.48. The summed E-state index contributed by atoms with van der Waals surface area (Å²) in [6.45, 7) is 8.20. The Bertz CT molecular complexity index is 357. The third-order valence-corrected chi connectivity index (χ3v) is 4.26. The summed E-state index contributed by atoms with van der Waals surface area (Å²) in [5, 5.41) is 10.6. The number of rotatable bonds is 10. The smallest absolute Gasteiger partial charge is 0.0611 e. The second-order valence-electron chi connectivity index (χ2n) is 5.82. The molecule has 0 spiro atoms. The highest BCUT2D eigenvalue weighted by Crippen LogP contribution is 2.32. The molecule has 20 heavy (non-hydrogen) atoms. The summed E-state index contributed by atoms with van der Waals surface area (Å²) < 4.78 is 0. The van der Waals surface area contributed by atoms with Crippen molar-refractivity contribution in [2.45, 2.75) is 64.4 Å². The Morgan fingerprint density at radius 2 is 1.85 bits per heavy atom. The van der Waals surface area contributed by atoms with Crippen molar-refractivity contribution in [2.75, 3.05) is 0 Å². The summed E-state index contributed by atoms with van der Waals surface area (Å²) >= 11 is 0. The average molecular weight is 274 g/mol. The van der Waals surface area contributed by atoms with Crippen LogP contribution in [0.15, 0.2) is 43.0 Å². The minimum atomic E-state index is -0.226. The van der Waals surface area contributed by atoms with E-state index in [2.05, 4.69) is 44.7 Å². The lowest BCUT2D eigenvalue weighted by molar-refractivity contribution is 0.105. The number of hydrogen-bond donors (Lipinski definition) is 1. The summed E-state index contributed by atoms with van der Waals surface area (Å²) in [5.41, 5.74) is 1.28. The fraction of sp³-hybridized carbons (Fsp3) is 0.579. The third-order valence-electron chi connectivity index (χ3n) is 4.26. The fourth-order valence-corrected chi connectivity index (χ4v) is 2.86. The highest BCUT2D eigenvalue weighted by atomic mass is 16.3. The standard InChI is InChI=1S/C19H30O/c1-4-6-7-8-12-15-18(20)19(16(3)5-2)17-13-10-9-11-14-17/h4,9-11,13-14,16,18-20H,1,5-8,12,15H2,2-3H3. The highest BCUT2D eigenvalue weighted by Gasteiger charge is 2.25. The van der Waals surface area contributed by atoms with Crippen molar-refractivity contribution in [1.29, 1.82) is 0 Å². The lowest BCUT2D eigenvalue weighted by Gasteiger charge is -2.28. The van der Waals surface area contributed by atoms with Gasteiger partial charge in [0.05, 0.1) is 6.10 Å². The lowest BCUT2D eigenvalue weighted by Crippen LogP contribution is -2.24. The Labute approximate surface area is 124 Å². The Balaban J connectivity index is 2.57. The maximum Gasteiger partial charge on any atom is 0.0611 e. The van der Waals surface area contributed by atoms with Gasteiger partial charge >= 0.3 is 0 Å². The molecule has 0 aliphatic rings. The normalized spacial score (nSPS) is 15.6. The predicted octanol–water partition coefficient (Wildman–Crippen LogP) is 5.31. The van der Waals surface area contributed by atoms with Gasteiger partial charge in [0.25, 0.3) is 0 Å². The maximum atomic E-state index is 10.6. The lowest BCUT2D eigenvalue weighted by atomic mass is 9.80. The second-order valence-corrected chi connectivity index (χ2v) is 5.82. The molecule has 1 heteroatoms. The van der Waals surface area contributed by atoms with E-state index < -0.39 is 0 Å². The minimum absolute atomic E-state index is 0.226. The van der Waals surface area contributed by atoms with Gasteiger partial charge in [-0.1, -0.05) is 69.5 Å². The van der Waals surface area contributed by atoms with E-state index in [-0.39, 0.29) is 12.0 Å². The van der Waals surface area contributed by atoms with Crippen LogP contribution in [-0.2, 0) is 0 Å². The zero-order valence-corrected chi connectivity index (χ0v) is 13.1. The highest BCUT2D eigenvalue weighted by molar-refractivity contribution is 5.21. The predicted molar refractivity (Wildman–Crippen MR) is 87.9 cm³/mol. The van der Waals surface area contributed by atoms with Crippen molar-refractivity contribution >= 4 is 0 Å². The molecule has 0 aliphatic heterocycles. The van der Waals surface area contributed by atoms with Crippen LogP contribution in [0.2, 0.25) is 0 Å². The van der Waals surface area contributed by atoms with Gasteiger partial charge in [0, 0.05) is 5.92 Å². The van der Waals surface area contributed by atoms with Crippen LogP contribution in [0, 0.1) is 5.92 Å². The molecule has 0 saturated heterocycles. The van der Waals surface area contributed by atoms with Crippen molar-refractivity contribution < 1.29 is 5.11 Å². The monoisotopic (exact) mass is 274 g/mol. The summed E-state index contributed by atoms with van der Waals surface area (Å²) in [4.78, 5) is 0. The van der Waals surface area contributed by atoms with Gasteiger partial charge in [0.2, 0.25) is 0 Å². The largest absolute Gasteiger partial charge is 0.392 e. The number of unbranched alkanes of at least 4 members (excludes halogenated alkanes) is 3. The summed E-state index contributed by atoms with van der Waals surface area (Å²) in [6, 6.07) is 10.5. The molecule has 112 valence electrons. The molecule has 0 fully saturated rings.